The number of nitrogens with one attached hydrogen (secondary N) is 1. The van der Waals surface area contributed by atoms with Gasteiger partial charge < -0.3 is 10.2 Å². The van der Waals surface area contributed by atoms with Gasteiger partial charge in [0, 0.05) is 19.0 Å². The molecule has 6 heteroatoms. The molecule has 2 amide bonds. The topological polar surface area (TPSA) is 49.4 Å². The molecule has 184 valence electrons. The highest BCUT2D eigenvalue weighted by Gasteiger charge is 2.28. The first-order valence-corrected chi connectivity index (χ1v) is 13.1. The van der Waals surface area contributed by atoms with Gasteiger partial charge >= 0.3 is 0 Å². The van der Waals surface area contributed by atoms with Crippen molar-refractivity contribution in [3.63, 3.8) is 0 Å². The Morgan fingerprint density at radius 1 is 0.941 bits per heavy atom. The maximum absolute atomic E-state index is 13.4. The summed E-state index contributed by atoms with van der Waals surface area (Å²) in [5.74, 6) is 0.327. The van der Waals surface area contributed by atoms with Crippen LogP contribution in [0.1, 0.15) is 81.9 Å². The van der Waals surface area contributed by atoms with Crippen LogP contribution in [0.5, 0.6) is 0 Å². The Hall–Kier alpha value is -2.04. The number of amides is 2. The number of hydrogen-bond acceptors (Lipinski definition) is 2. The molecule has 0 aromatic heterocycles. The third kappa shape index (κ3) is 7.48. The summed E-state index contributed by atoms with van der Waals surface area (Å²) in [7, 11) is 0. The third-order valence-corrected chi connectivity index (χ3v) is 7.47. The predicted octanol–water partition coefficient (Wildman–Crippen LogP) is 6.92. The number of halogens is 2. The van der Waals surface area contributed by atoms with Crippen LogP contribution < -0.4 is 5.32 Å². The van der Waals surface area contributed by atoms with Gasteiger partial charge in [0.2, 0.25) is 11.8 Å². The van der Waals surface area contributed by atoms with E-state index in [9.17, 15) is 9.59 Å². The molecule has 1 atom stereocenters. The van der Waals surface area contributed by atoms with Crippen molar-refractivity contribution in [1.29, 1.82) is 0 Å². The van der Waals surface area contributed by atoms with Crippen LogP contribution in [-0.4, -0.2) is 28.8 Å². The second kappa shape index (κ2) is 12.6. The largest absolute Gasteiger partial charge is 0.352 e. The van der Waals surface area contributed by atoms with Crippen molar-refractivity contribution >= 4 is 35.0 Å². The average molecular weight is 504 g/mol. The average Bonchev–Trinajstić information content (AvgIpc) is 2.83. The van der Waals surface area contributed by atoms with Crippen molar-refractivity contribution in [3.05, 3.63) is 69.2 Å². The first kappa shape index (κ1) is 26.6. The molecule has 1 aliphatic rings. The van der Waals surface area contributed by atoms with Crippen LogP contribution in [0.4, 0.5) is 0 Å². The molecule has 2 aromatic rings. The van der Waals surface area contributed by atoms with Crippen molar-refractivity contribution in [2.75, 3.05) is 0 Å². The zero-order chi connectivity index (χ0) is 24.7. The van der Waals surface area contributed by atoms with Gasteiger partial charge in [-0.3, -0.25) is 9.59 Å². The Morgan fingerprint density at radius 2 is 1.59 bits per heavy atom. The molecule has 0 saturated heterocycles. The molecule has 1 aliphatic carbocycles. The molecule has 0 bridgehead atoms. The number of hydrogen-bond donors (Lipinski definition) is 1. The van der Waals surface area contributed by atoms with Gasteiger partial charge in [-0.15, -0.1) is 0 Å². The second-order valence-corrected chi connectivity index (χ2v) is 10.5. The lowest BCUT2D eigenvalue weighted by Gasteiger charge is -2.31. The van der Waals surface area contributed by atoms with Crippen LogP contribution in [0, 0.1) is 0 Å². The first-order valence-electron chi connectivity index (χ1n) is 12.4. The Labute approximate surface area is 214 Å². The fraction of sp³-hybridized carbons (Fsp3) is 0.500. The molecule has 1 fully saturated rings. The van der Waals surface area contributed by atoms with Gasteiger partial charge in [-0.05, 0) is 60.9 Å². The van der Waals surface area contributed by atoms with Crippen LogP contribution in [-0.2, 0) is 22.6 Å². The molecule has 1 N–H and O–H groups in total. The first-order chi connectivity index (χ1) is 16.2. The fourth-order valence-corrected chi connectivity index (χ4v) is 4.77. The minimum atomic E-state index is -0.577. The minimum Gasteiger partial charge on any atom is -0.352 e. The number of carbonyl (C=O) groups is 2. The third-order valence-electron chi connectivity index (χ3n) is 6.73. The van der Waals surface area contributed by atoms with Gasteiger partial charge in [-0.2, -0.15) is 0 Å². The van der Waals surface area contributed by atoms with Gasteiger partial charge in [0.1, 0.15) is 6.04 Å². The smallest absolute Gasteiger partial charge is 0.242 e. The summed E-state index contributed by atoms with van der Waals surface area (Å²) in [6.07, 6.45) is 6.48. The van der Waals surface area contributed by atoms with E-state index in [-0.39, 0.29) is 17.9 Å². The second-order valence-electron chi connectivity index (χ2n) is 9.69. The summed E-state index contributed by atoms with van der Waals surface area (Å²) in [5.41, 5.74) is 3.25. The lowest BCUT2D eigenvalue weighted by Crippen LogP contribution is -2.50. The lowest BCUT2D eigenvalue weighted by atomic mass is 9.95. The summed E-state index contributed by atoms with van der Waals surface area (Å²) in [6.45, 7) is 6.45. The van der Waals surface area contributed by atoms with Crippen molar-refractivity contribution < 1.29 is 9.59 Å². The van der Waals surface area contributed by atoms with Gasteiger partial charge in [-0.25, -0.2) is 0 Å². The van der Waals surface area contributed by atoms with E-state index in [2.05, 4.69) is 43.4 Å². The van der Waals surface area contributed by atoms with Crippen molar-refractivity contribution in [3.8, 4) is 0 Å². The summed E-state index contributed by atoms with van der Waals surface area (Å²) in [5, 5.41) is 4.08. The number of aryl methyl sites for hydroxylation is 1. The minimum absolute atomic E-state index is 0.0506. The van der Waals surface area contributed by atoms with Crippen LogP contribution >= 0.6 is 23.2 Å². The Kier molecular flexibility index (Phi) is 9.85. The highest BCUT2D eigenvalue weighted by atomic mass is 35.5. The maximum Gasteiger partial charge on any atom is 0.242 e. The van der Waals surface area contributed by atoms with E-state index in [1.54, 1.807) is 17.0 Å². The quantitative estimate of drug-likeness (QED) is 0.404. The molecule has 0 spiro atoms. The molecule has 2 aromatic carbocycles. The molecule has 0 aliphatic heterocycles. The van der Waals surface area contributed by atoms with Crippen LogP contribution in [0.15, 0.2) is 42.5 Å². The highest BCUT2D eigenvalue weighted by Crippen LogP contribution is 2.24. The van der Waals surface area contributed by atoms with E-state index in [1.807, 2.05) is 13.0 Å². The number of nitrogens with zero attached hydrogens (tertiary/aromatic N) is 1. The summed E-state index contributed by atoms with van der Waals surface area (Å²) in [4.78, 5) is 28.1. The van der Waals surface area contributed by atoms with Gasteiger partial charge in [0.05, 0.1) is 10.0 Å². The normalized spacial score (nSPS) is 15.2. The Morgan fingerprint density at radius 3 is 2.21 bits per heavy atom. The zero-order valence-corrected chi connectivity index (χ0v) is 22.0. The maximum atomic E-state index is 13.4. The Bertz CT molecular complexity index is 969. The van der Waals surface area contributed by atoms with E-state index < -0.39 is 6.04 Å². The van der Waals surface area contributed by atoms with Gasteiger partial charge in [0.15, 0.2) is 0 Å². The van der Waals surface area contributed by atoms with Crippen molar-refractivity contribution in [2.45, 2.75) is 90.3 Å². The van der Waals surface area contributed by atoms with E-state index >= 15 is 0 Å². The predicted molar refractivity (Wildman–Crippen MR) is 140 cm³/mol. The number of carbonyl (C=O) groups excluding carboxylic acids is 2. The molecule has 0 heterocycles. The van der Waals surface area contributed by atoms with E-state index in [1.165, 1.54) is 12.0 Å². The molecule has 0 unspecified atom stereocenters. The van der Waals surface area contributed by atoms with E-state index in [4.69, 9.17) is 23.2 Å². The Balaban J connectivity index is 1.71. The van der Waals surface area contributed by atoms with Gasteiger partial charge in [0.25, 0.3) is 0 Å². The highest BCUT2D eigenvalue weighted by molar-refractivity contribution is 6.42. The van der Waals surface area contributed by atoms with E-state index in [0.717, 1.165) is 36.8 Å². The van der Waals surface area contributed by atoms with Crippen molar-refractivity contribution in [1.82, 2.24) is 10.2 Å². The lowest BCUT2D eigenvalue weighted by molar-refractivity contribution is -0.141. The standard InChI is InChI=1S/C28H36Cl2N2O2/c1-19(2)23-13-9-21(10-14-23)12-16-27(33)32(18-22-11-15-25(29)26(30)17-22)20(3)28(34)31-24-7-5-4-6-8-24/h9-11,13-15,17,19-20,24H,4-8,12,16,18H2,1-3H3,(H,31,34)/t20-/m0/s1. The van der Waals surface area contributed by atoms with E-state index in [0.29, 0.717) is 35.3 Å². The van der Waals surface area contributed by atoms with Gasteiger partial charge in [-0.1, -0.05) is 86.6 Å². The SMILES string of the molecule is CC(C)c1ccc(CCC(=O)N(Cc2ccc(Cl)c(Cl)c2)[C@@H](C)C(=O)NC2CCCCC2)cc1. The molecule has 3 rings (SSSR count). The summed E-state index contributed by atoms with van der Waals surface area (Å²) >= 11 is 12.3. The number of benzene rings is 2. The zero-order valence-electron chi connectivity index (χ0n) is 20.4. The van der Waals surface area contributed by atoms with Crippen LogP contribution in [0.2, 0.25) is 10.0 Å². The summed E-state index contributed by atoms with van der Waals surface area (Å²) < 4.78 is 0. The molecular weight excluding hydrogens is 467 g/mol. The van der Waals surface area contributed by atoms with Crippen LogP contribution in [0.25, 0.3) is 0 Å². The molecule has 4 nitrogen and oxygen atoms in total. The molecule has 1 saturated carbocycles. The monoisotopic (exact) mass is 502 g/mol. The molecular formula is C28H36Cl2N2O2. The fourth-order valence-electron chi connectivity index (χ4n) is 4.45. The van der Waals surface area contributed by atoms with Crippen LogP contribution in [0.3, 0.4) is 0 Å². The number of rotatable bonds is 9. The molecule has 0 radical (unpaired) electrons. The van der Waals surface area contributed by atoms with Crippen molar-refractivity contribution in [2.24, 2.45) is 0 Å². The molecule has 34 heavy (non-hydrogen) atoms. The summed E-state index contributed by atoms with van der Waals surface area (Å²) in [6, 6.07) is 13.4.